The van der Waals surface area contributed by atoms with Gasteiger partial charge in [0, 0.05) is 11.4 Å². The van der Waals surface area contributed by atoms with Gasteiger partial charge in [-0.15, -0.1) is 22.0 Å². The average molecular weight is 445 g/mol. The Bertz CT molecular complexity index is 963. The third-order valence-corrected chi connectivity index (χ3v) is 6.60. The summed E-state index contributed by atoms with van der Waals surface area (Å²) in [5, 5.41) is 14.0. The van der Waals surface area contributed by atoms with Crippen LogP contribution in [0, 0.1) is 6.92 Å². The maximum atomic E-state index is 12.1. The summed E-state index contributed by atoms with van der Waals surface area (Å²) in [6.07, 6.45) is 0. The molecule has 150 valence electrons. The van der Waals surface area contributed by atoms with Crippen molar-refractivity contribution in [3.05, 3.63) is 65.7 Å². The molecule has 0 spiro atoms. The van der Waals surface area contributed by atoms with Crippen molar-refractivity contribution in [2.45, 2.75) is 17.0 Å². The van der Waals surface area contributed by atoms with Crippen LogP contribution in [0.15, 0.2) is 58.9 Å². The highest BCUT2D eigenvalue weighted by Gasteiger charge is 2.11. The highest BCUT2D eigenvalue weighted by Crippen LogP contribution is 2.26. The van der Waals surface area contributed by atoms with E-state index < -0.39 is 0 Å². The maximum absolute atomic E-state index is 12.1. The molecule has 1 heterocycles. The van der Waals surface area contributed by atoms with E-state index in [4.69, 9.17) is 0 Å². The van der Waals surface area contributed by atoms with E-state index in [9.17, 15) is 9.59 Å². The Labute approximate surface area is 181 Å². The Morgan fingerprint density at radius 1 is 0.966 bits per heavy atom. The molecule has 0 aliphatic rings. The zero-order valence-corrected chi connectivity index (χ0v) is 18.2. The van der Waals surface area contributed by atoms with E-state index in [2.05, 4.69) is 20.8 Å². The van der Waals surface area contributed by atoms with Gasteiger partial charge in [0.05, 0.1) is 11.5 Å². The Hall–Kier alpha value is -2.36. The molecule has 1 aromatic heterocycles. The van der Waals surface area contributed by atoms with Gasteiger partial charge >= 0.3 is 0 Å². The van der Waals surface area contributed by atoms with Crippen LogP contribution in [-0.2, 0) is 15.3 Å². The van der Waals surface area contributed by atoms with Crippen molar-refractivity contribution >= 4 is 57.5 Å². The van der Waals surface area contributed by atoms with Gasteiger partial charge in [0.25, 0.3) is 0 Å². The first kappa shape index (κ1) is 21.4. The van der Waals surface area contributed by atoms with E-state index >= 15 is 0 Å². The quantitative estimate of drug-likeness (QED) is 0.375. The largest absolute Gasteiger partial charge is 0.325 e. The van der Waals surface area contributed by atoms with Gasteiger partial charge in [0.15, 0.2) is 4.34 Å². The number of anilines is 2. The van der Waals surface area contributed by atoms with Crippen LogP contribution in [0.5, 0.6) is 0 Å². The molecule has 0 atom stereocenters. The number of benzene rings is 2. The van der Waals surface area contributed by atoms with Crippen LogP contribution in [0.4, 0.5) is 10.8 Å². The molecule has 0 unspecified atom stereocenters. The Morgan fingerprint density at radius 3 is 2.55 bits per heavy atom. The third kappa shape index (κ3) is 7.52. The summed E-state index contributed by atoms with van der Waals surface area (Å²) in [7, 11) is 0. The van der Waals surface area contributed by atoms with Gasteiger partial charge in [-0.25, -0.2) is 0 Å². The minimum Gasteiger partial charge on any atom is -0.325 e. The number of nitrogens with one attached hydrogen (secondary N) is 2. The second-order valence-electron chi connectivity index (χ2n) is 6.11. The lowest BCUT2D eigenvalue weighted by Crippen LogP contribution is -2.14. The molecular formula is C20H20N4O2S3. The zero-order valence-electron chi connectivity index (χ0n) is 15.8. The first-order chi connectivity index (χ1) is 14.1. The Balaban J connectivity index is 1.38. The summed E-state index contributed by atoms with van der Waals surface area (Å²) in [5.74, 6) is 1.12. The molecule has 3 aromatic rings. The van der Waals surface area contributed by atoms with Crippen molar-refractivity contribution in [3.63, 3.8) is 0 Å². The predicted octanol–water partition coefficient (Wildman–Crippen LogP) is 4.45. The number of aromatic nitrogens is 2. The topological polar surface area (TPSA) is 84.0 Å². The zero-order chi connectivity index (χ0) is 20.5. The van der Waals surface area contributed by atoms with Crippen molar-refractivity contribution in [1.82, 2.24) is 10.2 Å². The highest BCUT2D eigenvalue weighted by atomic mass is 32.2. The number of hydrogen-bond acceptors (Lipinski definition) is 7. The molecule has 0 saturated heterocycles. The van der Waals surface area contributed by atoms with Crippen molar-refractivity contribution in [1.29, 1.82) is 0 Å². The fourth-order valence-electron chi connectivity index (χ4n) is 2.36. The number of thioether (sulfide) groups is 2. The first-order valence-electron chi connectivity index (χ1n) is 8.83. The van der Waals surface area contributed by atoms with E-state index in [1.165, 1.54) is 28.7 Å². The van der Waals surface area contributed by atoms with E-state index in [1.54, 1.807) is 11.8 Å². The molecule has 6 nitrogen and oxygen atoms in total. The number of aryl methyl sites for hydroxylation is 1. The fourth-order valence-corrected chi connectivity index (χ4v) is 4.71. The van der Waals surface area contributed by atoms with Crippen molar-refractivity contribution in [2.24, 2.45) is 0 Å². The van der Waals surface area contributed by atoms with E-state index in [0.29, 0.717) is 15.2 Å². The van der Waals surface area contributed by atoms with Gasteiger partial charge in [-0.1, -0.05) is 65.6 Å². The number of nitrogens with zero attached hydrogens (tertiary/aromatic N) is 2. The van der Waals surface area contributed by atoms with E-state index in [1.807, 2.05) is 61.5 Å². The summed E-state index contributed by atoms with van der Waals surface area (Å²) in [4.78, 5) is 24.1. The van der Waals surface area contributed by atoms with Crippen molar-refractivity contribution < 1.29 is 9.59 Å². The maximum Gasteiger partial charge on any atom is 0.236 e. The summed E-state index contributed by atoms with van der Waals surface area (Å²) >= 11 is 4.10. The Kier molecular flexibility index (Phi) is 8.09. The lowest BCUT2D eigenvalue weighted by atomic mass is 10.2. The van der Waals surface area contributed by atoms with Crippen LogP contribution < -0.4 is 10.6 Å². The van der Waals surface area contributed by atoms with E-state index in [-0.39, 0.29) is 17.6 Å². The molecule has 0 saturated carbocycles. The normalized spacial score (nSPS) is 10.5. The standard InChI is InChI=1S/C20H20N4O2S3/c1-14-6-5-9-16(10-14)21-18(26)13-28-20-24-23-19(29-20)22-17(25)12-27-11-15-7-3-2-4-8-15/h2-10H,11-13H2,1H3,(H,21,26)(H,22,23,25). The molecule has 0 aliphatic heterocycles. The van der Waals surface area contributed by atoms with E-state index in [0.717, 1.165) is 17.0 Å². The number of hydrogen-bond donors (Lipinski definition) is 2. The molecule has 29 heavy (non-hydrogen) atoms. The van der Waals surface area contributed by atoms with Crippen molar-refractivity contribution in [3.8, 4) is 0 Å². The van der Waals surface area contributed by atoms with Gasteiger partial charge in [-0.2, -0.15) is 0 Å². The Morgan fingerprint density at radius 2 is 1.76 bits per heavy atom. The second-order valence-corrected chi connectivity index (χ2v) is 9.29. The van der Waals surface area contributed by atoms with Crippen LogP contribution in [0.2, 0.25) is 0 Å². The summed E-state index contributed by atoms with van der Waals surface area (Å²) in [5.41, 5.74) is 3.04. The van der Waals surface area contributed by atoms with Gasteiger partial charge in [0.2, 0.25) is 16.9 Å². The third-order valence-electron chi connectivity index (χ3n) is 3.63. The summed E-state index contributed by atoms with van der Waals surface area (Å²) < 4.78 is 0.636. The number of rotatable bonds is 9. The molecule has 0 aliphatic carbocycles. The van der Waals surface area contributed by atoms with Gasteiger partial charge < -0.3 is 5.32 Å². The molecule has 3 rings (SSSR count). The first-order valence-corrected chi connectivity index (χ1v) is 11.8. The lowest BCUT2D eigenvalue weighted by molar-refractivity contribution is -0.114. The predicted molar refractivity (Wildman–Crippen MR) is 122 cm³/mol. The van der Waals surface area contributed by atoms with Crippen molar-refractivity contribution in [2.75, 3.05) is 22.1 Å². The smallest absolute Gasteiger partial charge is 0.236 e. The highest BCUT2D eigenvalue weighted by molar-refractivity contribution is 8.01. The lowest BCUT2D eigenvalue weighted by Gasteiger charge is -2.04. The van der Waals surface area contributed by atoms with Crippen LogP contribution in [-0.4, -0.2) is 33.5 Å². The minimum atomic E-state index is -0.115. The number of carbonyl (C=O) groups excluding carboxylic acids is 2. The van der Waals surface area contributed by atoms with Gasteiger partial charge in [-0.05, 0) is 30.2 Å². The molecule has 9 heteroatoms. The molecule has 2 N–H and O–H groups in total. The summed E-state index contributed by atoms with van der Waals surface area (Å²) in [6.45, 7) is 1.97. The monoisotopic (exact) mass is 444 g/mol. The van der Waals surface area contributed by atoms with Crippen LogP contribution in [0.25, 0.3) is 0 Å². The minimum absolute atomic E-state index is 0.112. The van der Waals surface area contributed by atoms with Crippen LogP contribution >= 0.6 is 34.9 Å². The summed E-state index contributed by atoms with van der Waals surface area (Å²) in [6, 6.07) is 17.6. The molecule has 2 amide bonds. The van der Waals surface area contributed by atoms with Gasteiger partial charge in [0.1, 0.15) is 0 Å². The molecule has 0 fully saturated rings. The molecular weight excluding hydrogens is 424 g/mol. The number of amides is 2. The second kappa shape index (κ2) is 11.0. The van der Waals surface area contributed by atoms with Gasteiger partial charge in [-0.3, -0.25) is 14.9 Å². The van der Waals surface area contributed by atoms with Crippen LogP contribution in [0.3, 0.4) is 0 Å². The molecule has 0 radical (unpaired) electrons. The fraction of sp³-hybridized carbons (Fsp3) is 0.200. The average Bonchev–Trinajstić information content (AvgIpc) is 3.14. The number of carbonyl (C=O) groups is 2. The van der Waals surface area contributed by atoms with Crippen LogP contribution in [0.1, 0.15) is 11.1 Å². The molecule has 0 bridgehead atoms. The molecule has 2 aromatic carbocycles. The SMILES string of the molecule is Cc1cccc(NC(=O)CSc2nnc(NC(=O)CSCc3ccccc3)s2)c1.